The Labute approximate surface area is 128 Å². The summed E-state index contributed by atoms with van der Waals surface area (Å²) in [4.78, 5) is 24.4. The number of nitrogens with one attached hydrogen (secondary N) is 1. The number of amides is 1. The van der Waals surface area contributed by atoms with Crippen molar-refractivity contribution >= 4 is 23.5 Å². The van der Waals surface area contributed by atoms with Crippen molar-refractivity contribution in [2.24, 2.45) is 11.8 Å². The van der Waals surface area contributed by atoms with Crippen molar-refractivity contribution in [3.8, 4) is 0 Å². The van der Waals surface area contributed by atoms with Gasteiger partial charge in [-0.25, -0.2) is 4.79 Å². The fourth-order valence-electron chi connectivity index (χ4n) is 3.99. The molecule has 0 saturated carbocycles. The highest BCUT2D eigenvalue weighted by Gasteiger charge is 2.79. The first kappa shape index (κ1) is 14.9. The van der Waals surface area contributed by atoms with Gasteiger partial charge in [0.05, 0.1) is 12.0 Å². The summed E-state index contributed by atoms with van der Waals surface area (Å²) in [7, 11) is 0. The number of halogens is 1. The Bertz CT molecular complexity index is 508. The second-order valence-corrected chi connectivity index (χ2v) is 6.67. The van der Waals surface area contributed by atoms with E-state index in [1.54, 1.807) is 6.92 Å². The number of hydrogen-bond acceptors (Lipinski definition) is 4. The zero-order chi connectivity index (χ0) is 15.3. The minimum atomic E-state index is -1.33. The quantitative estimate of drug-likeness (QED) is 0.463. The van der Waals surface area contributed by atoms with E-state index in [2.05, 4.69) is 5.32 Å². The Morgan fingerprint density at radius 3 is 2.90 bits per heavy atom. The van der Waals surface area contributed by atoms with Gasteiger partial charge in [-0.15, -0.1) is 11.6 Å². The van der Waals surface area contributed by atoms with Gasteiger partial charge in [0.1, 0.15) is 0 Å². The van der Waals surface area contributed by atoms with Crippen molar-refractivity contribution in [2.45, 2.75) is 49.9 Å². The average Bonchev–Trinajstić information content (AvgIpc) is 2.65. The van der Waals surface area contributed by atoms with Crippen molar-refractivity contribution < 1.29 is 19.4 Å². The SMILES string of the molecule is CC12OC(=O)C1([C@@H](O)C1C=CCCC1)NC(=O)[C@@H]2CCCl. The van der Waals surface area contributed by atoms with Crippen LogP contribution in [0.1, 0.15) is 32.6 Å². The predicted molar refractivity (Wildman–Crippen MR) is 76.7 cm³/mol. The largest absolute Gasteiger partial charge is 0.453 e. The van der Waals surface area contributed by atoms with Crippen molar-refractivity contribution in [1.29, 1.82) is 0 Å². The summed E-state index contributed by atoms with van der Waals surface area (Å²) in [6, 6.07) is 0. The van der Waals surface area contributed by atoms with E-state index in [1.165, 1.54) is 0 Å². The lowest BCUT2D eigenvalue weighted by atomic mass is 9.64. The van der Waals surface area contributed by atoms with Gasteiger partial charge in [-0.05, 0) is 32.6 Å². The Morgan fingerprint density at radius 2 is 2.33 bits per heavy atom. The van der Waals surface area contributed by atoms with Crippen molar-refractivity contribution in [3.63, 3.8) is 0 Å². The molecule has 2 fully saturated rings. The molecular weight excluding hydrogens is 294 g/mol. The molecule has 5 nitrogen and oxygen atoms in total. The second kappa shape index (κ2) is 4.99. The zero-order valence-electron chi connectivity index (χ0n) is 12.0. The van der Waals surface area contributed by atoms with Crippen LogP contribution in [0.25, 0.3) is 0 Å². The summed E-state index contributed by atoms with van der Waals surface area (Å²) in [5.74, 6) is -1.14. The van der Waals surface area contributed by atoms with E-state index in [0.717, 1.165) is 19.3 Å². The van der Waals surface area contributed by atoms with Gasteiger partial charge in [-0.1, -0.05) is 12.2 Å². The maximum absolute atomic E-state index is 12.2. The topological polar surface area (TPSA) is 75.6 Å². The van der Waals surface area contributed by atoms with Crippen LogP contribution in [-0.4, -0.2) is 40.1 Å². The Kier molecular flexibility index (Phi) is 3.53. The van der Waals surface area contributed by atoms with Crippen LogP contribution in [0.5, 0.6) is 0 Å². The van der Waals surface area contributed by atoms with Crippen LogP contribution in [0.3, 0.4) is 0 Å². The highest BCUT2D eigenvalue weighted by Crippen LogP contribution is 2.53. The van der Waals surface area contributed by atoms with E-state index in [1.807, 2.05) is 12.2 Å². The lowest BCUT2D eigenvalue weighted by Gasteiger charge is -2.54. The fourth-order valence-corrected chi connectivity index (χ4v) is 4.21. The first-order chi connectivity index (χ1) is 9.97. The maximum Gasteiger partial charge on any atom is 0.339 e. The molecule has 6 heteroatoms. The van der Waals surface area contributed by atoms with E-state index in [4.69, 9.17) is 16.3 Å². The number of esters is 1. The Morgan fingerprint density at radius 1 is 1.57 bits per heavy atom. The number of ether oxygens (including phenoxy) is 1. The fraction of sp³-hybridized carbons (Fsp3) is 0.733. The summed E-state index contributed by atoms with van der Waals surface area (Å²) in [5.41, 5.74) is -2.34. The van der Waals surface area contributed by atoms with Gasteiger partial charge in [-0.2, -0.15) is 0 Å². The van der Waals surface area contributed by atoms with Crippen molar-refractivity contribution in [2.75, 3.05) is 5.88 Å². The summed E-state index contributed by atoms with van der Waals surface area (Å²) >= 11 is 5.76. The lowest BCUT2D eigenvalue weighted by molar-refractivity contribution is -0.238. The number of rotatable bonds is 4. The normalized spacial score (nSPS) is 42.8. The first-order valence-electron chi connectivity index (χ1n) is 7.43. The second-order valence-electron chi connectivity index (χ2n) is 6.29. The van der Waals surface area contributed by atoms with Crippen LogP contribution >= 0.6 is 11.6 Å². The van der Waals surface area contributed by atoms with Crippen LogP contribution in [0.15, 0.2) is 12.2 Å². The number of fused-ring (bicyclic) bond motifs is 1. The number of aliphatic hydroxyl groups excluding tert-OH is 1. The van der Waals surface area contributed by atoms with Crippen LogP contribution in [0.2, 0.25) is 0 Å². The van der Waals surface area contributed by atoms with Crippen molar-refractivity contribution in [3.05, 3.63) is 12.2 Å². The molecule has 21 heavy (non-hydrogen) atoms. The monoisotopic (exact) mass is 313 g/mol. The molecule has 3 unspecified atom stereocenters. The number of aliphatic hydroxyl groups is 1. The average molecular weight is 314 g/mol. The highest BCUT2D eigenvalue weighted by molar-refractivity contribution is 6.18. The molecule has 1 aliphatic carbocycles. The Hall–Kier alpha value is -1.07. The van der Waals surface area contributed by atoms with E-state index in [-0.39, 0.29) is 11.8 Å². The zero-order valence-corrected chi connectivity index (χ0v) is 12.7. The van der Waals surface area contributed by atoms with Gasteiger partial charge in [0.15, 0.2) is 5.60 Å². The minimum Gasteiger partial charge on any atom is -0.453 e. The van der Waals surface area contributed by atoms with Crippen LogP contribution in [0.4, 0.5) is 0 Å². The smallest absolute Gasteiger partial charge is 0.339 e. The Balaban J connectivity index is 1.94. The molecule has 0 aromatic carbocycles. The van der Waals surface area contributed by atoms with Gasteiger partial charge in [0.2, 0.25) is 11.4 Å². The summed E-state index contributed by atoms with van der Waals surface area (Å²) < 4.78 is 5.34. The number of carbonyl (C=O) groups is 2. The molecule has 0 aromatic heterocycles. The van der Waals surface area contributed by atoms with Gasteiger partial charge in [0.25, 0.3) is 0 Å². The molecule has 0 bridgehead atoms. The number of carbonyl (C=O) groups excluding carboxylic acids is 2. The summed E-state index contributed by atoms with van der Waals surface area (Å²) in [5, 5.41) is 13.5. The molecule has 0 aromatic rings. The molecule has 1 amide bonds. The molecule has 2 aliphatic heterocycles. The van der Waals surface area contributed by atoms with E-state index in [9.17, 15) is 14.7 Å². The third-order valence-corrected chi connectivity index (χ3v) is 5.47. The number of hydrogen-bond donors (Lipinski definition) is 2. The van der Waals surface area contributed by atoms with Crippen LogP contribution in [0, 0.1) is 11.8 Å². The standard InChI is InChI=1S/C15H20ClNO4/c1-14-10(7-8-16)12(19)17-15(14,13(20)21-14)11(18)9-5-3-2-4-6-9/h3,5,9-11,18H,2,4,6-8H2,1H3,(H,17,19)/t9?,10-,11-,14?,15?/m0/s1. The molecule has 3 rings (SSSR count). The molecule has 2 heterocycles. The number of allylic oxidation sites excluding steroid dienone is 1. The third-order valence-electron chi connectivity index (χ3n) is 5.25. The van der Waals surface area contributed by atoms with E-state index >= 15 is 0 Å². The highest BCUT2D eigenvalue weighted by atomic mass is 35.5. The predicted octanol–water partition coefficient (Wildman–Crippen LogP) is 1.13. The molecule has 2 N–H and O–H groups in total. The van der Waals surface area contributed by atoms with Crippen LogP contribution in [-0.2, 0) is 14.3 Å². The third kappa shape index (κ3) is 1.80. The van der Waals surface area contributed by atoms with Gasteiger partial charge in [0, 0.05) is 11.8 Å². The van der Waals surface area contributed by atoms with E-state index < -0.39 is 29.1 Å². The lowest BCUT2D eigenvalue weighted by Crippen LogP contribution is -2.80. The molecule has 5 atom stereocenters. The molecule has 0 spiro atoms. The van der Waals surface area contributed by atoms with Gasteiger partial charge < -0.3 is 15.2 Å². The van der Waals surface area contributed by atoms with Gasteiger partial charge >= 0.3 is 5.97 Å². The molecular formula is C15H20ClNO4. The van der Waals surface area contributed by atoms with E-state index in [0.29, 0.717) is 12.3 Å². The summed E-state index contributed by atoms with van der Waals surface area (Å²) in [6.07, 6.45) is 6.17. The van der Waals surface area contributed by atoms with Crippen molar-refractivity contribution in [1.82, 2.24) is 5.32 Å². The molecule has 0 radical (unpaired) electrons. The molecule has 116 valence electrons. The molecule has 2 saturated heterocycles. The minimum absolute atomic E-state index is 0.138. The van der Waals surface area contributed by atoms with Gasteiger partial charge in [-0.3, -0.25) is 4.79 Å². The molecule has 3 aliphatic rings. The van der Waals surface area contributed by atoms with Crippen LogP contribution < -0.4 is 5.32 Å². The summed E-state index contributed by atoms with van der Waals surface area (Å²) in [6.45, 7) is 1.72. The number of alkyl halides is 1. The first-order valence-corrected chi connectivity index (χ1v) is 7.97. The maximum atomic E-state index is 12.2.